The summed E-state index contributed by atoms with van der Waals surface area (Å²) in [6.07, 6.45) is 3.23. The molecule has 0 aliphatic rings. The Labute approximate surface area is 165 Å². The molecule has 142 valence electrons. The highest BCUT2D eigenvalue weighted by Gasteiger charge is 2.16. The highest BCUT2D eigenvalue weighted by molar-refractivity contribution is 6.11. The summed E-state index contributed by atoms with van der Waals surface area (Å²) < 4.78 is 10.1. The number of rotatable bonds is 4. The van der Waals surface area contributed by atoms with Gasteiger partial charge in [0.05, 0.1) is 7.11 Å². The van der Waals surface area contributed by atoms with Crippen LogP contribution >= 0.6 is 0 Å². The van der Waals surface area contributed by atoms with Gasteiger partial charge in [-0.05, 0) is 29.2 Å². The van der Waals surface area contributed by atoms with Crippen LogP contribution in [0.25, 0.3) is 27.8 Å². The molecule has 5 heteroatoms. The highest BCUT2D eigenvalue weighted by atomic mass is 16.5. The number of carbonyl (C=O) groups excluding carboxylic acids is 2. The van der Waals surface area contributed by atoms with Gasteiger partial charge in [-0.2, -0.15) is 0 Å². The van der Waals surface area contributed by atoms with Crippen molar-refractivity contribution in [2.75, 3.05) is 7.11 Å². The number of hydrogen-bond acceptors (Lipinski definition) is 5. The molecule has 4 rings (SSSR count). The number of ketones is 1. The number of ether oxygens (including phenoxy) is 1. The van der Waals surface area contributed by atoms with E-state index in [9.17, 15) is 14.4 Å². The molecule has 1 aromatic heterocycles. The third-order valence-electron chi connectivity index (χ3n) is 4.65. The van der Waals surface area contributed by atoms with Crippen LogP contribution in [-0.2, 0) is 4.74 Å². The van der Waals surface area contributed by atoms with E-state index in [1.54, 1.807) is 24.3 Å². The largest absolute Gasteiger partial charge is 0.465 e. The molecule has 0 radical (unpaired) electrons. The molecule has 5 nitrogen and oxygen atoms in total. The first-order valence-corrected chi connectivity index (χ1v) is 8.94. The van der Waals surface area contributed by atoms with E-state index in [4.69, 9.17) is 4.42 Å². The summed E-state index contributed by atoms with van der Waals surface area (Å²) >= 11 is 0. The summed E-state index contributed by atoms with van der Waals surface area (Å²) in [6, 6.07) is 19.6. The fourth-order valence-corrected chi connectivity index (χ4v) is 3.24. The fourth-order valence-electron chi connectivity index (χ4n) is 3.24. The van der Waals surface area contributed by atoms with Crippen molar-refractivity contribution < 1.29 is 18.7 Å². The molecule has 0 atom stereocenters. The first-order valence-electron chi connectivity index (χ1n) is 8.94. The van der Waals surface area contributed by atoms with Crippen molar-refractivity contribution >= 4 is 39.6 Å². The topological polar surface area (TPSA) is 73.6 Å². The summed E-state index contributed by atoms with van der Waals surface area (Å²) in [6.45, 7) is 0. The fraction of sp³-hybridized carbons (Fsp3) is 0.0417. The number of benzene rings is 3. The third kappa shape index (κ3) is 3.46. The van der Waals surface area contributed by atoms with Gasteiger partial charge in [0, 0.05) is 16.3 Å². The van der Waals surface area contributed by atoms with Crippen LogP contribution in [0.3, 0.4) is 0 Å². The van der Waals surface area contributed by atoms with Gasteiger partial charge in [-0.3, -0.25) is 4.79 Å². The van der Waals surface area contributed by atoms with E-state index in [2.05, 4.69) is 4.74 Å². The standard InChI is InChI=1S/C24H16O5/c1-28-23(26)20-14-17-13-16(11-12-21(25)15-7-3-2-4-8-15)18-9-5-6-10-19(18)22(17)29-24(20)27/h2-14H,1H3/b12-11+. The molecule has 0 unspecified atom stereocenters. The number of esters is 1. The number of allylic oxidation sites excluding steroid dienone is 1. The monoisotopic (exact) mass is 384 g/mol. The second-order valence-electron chi connectivity index (χ2n) is 6.43. The van der Waals surface area contributed by atoms with E-state index < -0.39 is 11.6 Å². The Bertz CT molecular complexity index is 1330. The van der Waals surface area contributed by atoms with E-state index in [1.165, 1.54) is 19.3 Å². The zero-order valence-electron chi connectivity index (χ0n) is 15.5. The number of methoxy groups -OCH3 is 1. The van der Waals surface area contributed by atoms with Crippen LogP contribution in [0.4, 0.5) is 0 Å². The van der Waals surface area contributed by atoms with Crippen molar-refractivity contribution in [3.8, 4) is 0 Å². The van der Waals surface area contributed by atoms with Gasteiger partial charge < -0.3 is 9.15 Å². The maximum atomic E-state index is 12.4. The molecular weight excluding hydrogens is 368 g/mol. The molecule has 0 fully saturated rings. The molecule has 0 bridgehead atoms. The van der Waals surface area contributed by atoms with Crippen LogP contribution in [-0.4, -0.2) is 18.9 Å². The van der Waals surface area contributed by atoms with Gasteiger partial charge in [-0.1, -0.05) is 60.7 Å². The smallest absolute Gasteiger partial charge is 0.351 e. The molecule has 0 saturated carbocycles. The molecule has 0 aliphatic heterocycles. The lowest BCUT2D eigenvalue weighted by molar-refractivity contribution is 0.0596. The van der Waals surface area contributed by atoms with Crippen molar-refractivity contribution in [3.63, 3.8) is 0 Å². The van der Waals surface area contributed by atoms with Gasteiger partial charge in [0.15, 0.2) is 5.78 Å². The molecule has 3 aromatic carbocycles. The van der Waals surface area contributed by atoms with E-state index in [0.29, 0.717) is 21.9 Å². The van der Waals surface area contributed by atoms with E-state index in [1.807, 2.05) is 42.5 Å². The second kappa shape index (κ2) is 7.56. The average Bonchev–Trinajstić information content (AvgIpc) is 2.77. The Balaban J connectivity index is 1.89. The van der Waals surface area contributed by atoms with Crippen molar-refractivity contribution in [1.29, 1.82) is 0 Å². The number of hydrogen-bond donors (Lipinski definition) is 0. The van der Waals surface area contributed by atoms with Gasteiger partial charge in [0.1, 0.15) is 11.1 Å². The van der Waals surface area contributed by atoms with Crippen LogP contribution < -0.4 is 5.63 Å². The Morgan fingerprint density at radius 2 is 1.62 bits per heavy atom. The Morgan fingerprint density at radius 3 is 2.34 bits per heavy atom. The summed E-state index contributed by atoms with van der Waals surface area (Å²) in [5, 5.41) is 2.10. The molecule has 0 spiro atoms. The predicted octanol–water partition coefficient (Wildman–Crippen LogP) is 4.63. The Hall–Kier alpha value is -3.99. The lowest BCUT2D eigenvalue weighted by Gasteiger charge is -2.08. The minimum atomic E-state index is -0.759. The maximum Gasteiger partial charge on any atom is 0.351 e. The molecule has 0 saturated heterocycles. The predicted molar refractivity (Wildman–Crippen MR) is 111 cm³/mol. The summed E-state index contributed by atoms with van der Waals surface area (Å²) in [4.78, 5) is 36.5. The normalized spacial score (nSPS) is 11.2. The minimum absolute atomic E-state index is 0.121. The summed E-state index contributed by atoms with van der Waals surface area (Å²) in [7, 11) is 1.20. The zero-order valence-corrected chi connectivity index (χ0v) is 15.5. The summed E-state index contributed by atoms with van der Waals surface area (Å²) in [5.74, 6) is -0.880. The highest BCUT2D eigenvalue weighted by Crippen LogP contribution is 2.29. The molecule has 0 N–H and O–H groups in total. The van der Waals surface area contributed by atoms with Crippen LogP contribution in [0.1, 0.15) is 26.3 Å². The van der Waals surface area contributed by atoms with Crippen molar-refractivity contribution in [3.05, 3.63) is 99.9 Å². The first kappa shape index (κ1) is 18.4. The molecule has 0 amide bonds. The van der Waals surface area contributed by atoms with Crippen LogP contribution in [0, 0.1) is 0 Å². The van der Waals surface area contributed by atoms with Gasteiger partial charge in [0.25, 0.3) is 0 Å². The molecular formula is C24H16O5. The van der Waals surface area contributed by atoms with E-state index in [-0.39, 0.29) is 11.3 Å². The van der Waals surface area contributed by atoms with Crippen LogP contribution in [0.5, 0.6) is 0 Å². The minimum Gasteiger partial charge on any atom is -0.465 e. The van der Waals surface area contributed by atoms with Crippen molar-refractivity contribution in [1.82, 2.24) is 0 Å². The molecule has 4 aromatic rings. The number of fused-ring (bicyclic) bond motifs is 3. The van der Waals surface area contributed by atoms with Crippen LogP contribution in [0.15, 0.2) is 82.0 Å². The van der Waals surface area contributed by atoms with Crippen molar-refractivity contribution in [2.24, 2.45) is 0 Å². The van der Waals surface area contributed by atoms with E-state index in [0.717, 1.165) is 10.9 Å². The van der Waals surface area contributed by atoms with Gasteiger partial charge in [0.2, 0.25) is 0 Å². The second-order valence-corrected chi connectivity index (χ2v) is 6.43. The Kier molecular flexibility index (Phi) is 4.79. The van der Waals surface area contributed by atoms with Crippen molar-refractivity contribution in [2.45, 2.75) is 0 Å². The summed E-state index contributed by atoms with van der Waals surface area (Å²) in [5.41, 5.74) is 0.808. The molecule has 0 aliphatic carbocycles. The maximum absolute atomic E-state index is 12.4. The average molecular weight is 384 g/mol. The zero-order chi connectivity index (χ0) is 20.4. The number of carbonyl (C=O) groups is 2. The first-order chi connectivity index (χ1) is 14.1. The van der Waals surface area contributed by atoms with Gasteiger partial charge >= 0.3 is 11.6 Å². The Morgan fingerprint density at radius 1 is 0.931 bits per heavy atom. The van der Waals surface area contributed by atoms with Crippen LogP contribution in [0.2, 0.25) is 0 Å². The lowest BCUT2D eigenvalue weighted by atomic mass is 9.99. The molecule has 1 heterocycles. The lowest BCUT2D eigenvalue weighted by Crippen LogP contribution is -2.15. The third-order valence-corrected chi connectivity index (χ3v) is 4.65. The SMILES string of the molecule is COC(=O)c1cc2cc(/C=C/C(=O)c3ccccc3)c3ccccc3c2oc1=O. The quantitative estimate of drug-likeness (QED) is 0.169. The molecule has 29 heavy (non-hydrogen) atoms. The van der Waals surface area contributed by atoms with Gasteiger partial charge in [-0.15, -0.1) is 0 Å². The van der Waals surface area contributed by atoms with E-state index >= 15 is 0 Å². The van der Waals surface area contributed by atoms with Gasteiger partial charge in [-0.25, -0.2) is 9.59 Å².